The van der Waals surface area contributed by atoms with Crippen LogP contribution in [-0.4, -0.2) is 32.5 Å². The zero-order chi connectivity index (χ0) is 21.3. The Hall–Kier alpha value is -2.91. The Morgan fingerprint density at radius 1 is 1.23 bits per heavy atom. The van der Waals surface area contributed by atoms with Gasteiger partial charge in [-0.25, -0.2) is 13.4 Å². The Morgan fingerprint density at radius 2 is 2.07 bits per heavy atom. The summed E-state index contributed by atoms with van der Waals surface area (Å²) < 4.78 is 33.1. The Morgan fingerprint density at radius 3 is 2.83 bits per heavy atom. The van der Waals surface area contributed by atoms with Crippen LogP contribution in [0, 0.1) is 6.92 Å². The van der Waals surface area contributed by atoms with Crippen LogP contribution < -0.4 is 14.4 Å². The number of ether oxygens (including phenoxy) is 1. The first-order valence-electron chi connectivity index (χ1n) is 9.44. The highest BCUT2D eigenvalue weighted by Gasteiger charge is 2.25. The number of carbonyl (C=O) groups excluding carboxylic acids is 1. The number of amides is 1. The third kappa shape index (κ3) is 4.31. The maximum Gasteiger partial charge on any atom is 0.265 e. The normalized spacial score (nSPS) is 13.7. The lowest BCUT2D eigenvalue weighted by Crippen LogP contribution is -2.38. The predicted octanol–water partition coefficient (Wildman–Crippen LogP) is 3.81. The van der Waals surface area contributed by atoms with Gasteiger partial charge < -0.3 is 9.64 Å². The van der Waals surface area contributed by atoms with Crippen molar-refractivity contribution in [2.45, 2.75) is 19.6 Å². The number of benzene rings is 2. The van der Waals surface area contributed by atoms with Crippen molar-refractivity contribution in [1.82, 2.24) is 4.98 Å². The maximum absolute atomic E-state index is 12.5. The van der Waals surface area contributed by atoms with Gasteiger partial charge in [-0.3, -0.25) is 9.52 Å². The summed E-state index contributed by atoms with van der Waals surface area (Å²) in [6, 6.07) is 12.9. The van der Waals surface area contributed by atoms with Crippen LogP contribution in [0.4, 0.5) is 10.8 Å². The molecule has 0 atom stereocenters. The number of fused-ring (bicyclic) bond motifs is 1. The molecule has 30 heavy (non-hydrogen) atoms. The van der Waals surface area contributed by atoms with Crippen LogP contribution in [0.25, 0.3) is 11.3 Å². The minimum Gasteiger partial charge on any atom is -0.482 e. The van der Waals surface area contributed by atoms with Gasteiger partial charge in [0.15, 0.2) is 11.7 Å². The van der Waals surface area contributed by atoms with Gasteiger partial charge in [-0.2, -0.15) is 0 Å². The van der Waals surface area contributed by atoms with Crippen LogP contribution in [0.5, 0.6) is 5.75 Å². The van der Waals surface area contributed by atoms with Gasteiger partial charge in [-0.05, 0) is 37.6 Å². The zero-order valence-corrected chi connectivity index (χ0v) is 18.2. The standard InChI is InChI=1S/C21H21N3O4S2/c1-3-24-18-10-16(7-8-19(18)28-11-20(24)25)17-12-29-21(22-17)23-30(26,27)13-15-6-4-5-14(2)9-15/h4-10,12H,3,11,13H2,1-2H3,(H,22,23). The number of rotatable bonds is 6. The number of carbonyl (C=O) groups is 1. The van der Waals surface area contributed by atoms with Gasteiger partial charge in [0.1, 0.15) is 5.75 Å². The van der Waals surface area contributed by atoms with E-state index in [0.29, 0.717) is 28.8 Å². The van der Waals surface area contributed by atoms with E-state index < -0.39 is 10.0 Å². The van der Waals surface area contributed by atoms with E-state index in [-0.39, 0.29) is 18.3 Å². The predicted molar refractivity (Wildman–Crippen MR) is 118 cm³/mol. The van der Waals surface area contributed by atoms with E-state index in [1.807, 2.05) is 44.2 Å². The van der Waals surface area contributed by atoms with Crippen molar-refractivity contribution in [2.24, 2.45) is 0 Å². The monoisotopic (exact) mass is 443 g/mol. The van der Waals surface area contributed by atoms with E-state index in [2.05, 4.69) is 9.71 Å². The van der Waals surface area contributed by atoms with Crippen LogP contribution in [0.3, 0.4) is 0 Å². The minimum atomic E-state index is -3.58. The molecule has 156 valence electrons. The lowest BCUT2D eigenvalue weighted by molar-refractivity contribution is -0.121. The van der Waals surface area contributed by atoms with E-state index in [1.165, 1.54) is 11.3 Å². The number of nitrogens with zero attached hydrogens (tertiary/aromatic N) is 2. The van der Waals surface area contributed by atoms with E-state index in [4.69, 9.17) is 4.74 Å². The number of sulfonamides is 1. The molecule has 0 fully saturated rings. The molecule has 0 unspecified atom stereocenters. The molecule has 4 rings (SSSR count). The number of aromatic nitrogens is 1. The van der Waals surface area contributed by atoms with Crippen molar-refractivity contribution < 1.29 is 17.9 Å². The molecular weight excluding hydrogens is 422 g/mol. The molecule has 1 amide bonds. The second-order valence-corrected chi connectivity index (χ2v) is 9.58. The quantitative estimate of drug-likeness (QED) is 0.626. The average Bonchev–Trinajstić information content (AvgIpc) is 3.14. The van der Waals surface area contributed by atoms with Gasteiger partial charge in [-0.1, -0.05) is 29.8 Å². The van der Waals surface area contributed by atoms with Crippen molar-refractivity contribution in [2.75, 3.05) is 22.8 Å². The minimum absolute atomic E-state index is 0.0315. The van der Waals surface area contributed by atoms with E-state index >= 15 is 0 Å². The van der Waals surface area contributed by atoms with Crippen LogP contribution in [-0.2, 0) is 20.6 Å². The Kier molecular flexibility index (Phi) is 5.48. The molecule has 7 nitrogen and oxygen atoms in total. The summed E-state index contributed by atoms with van der Waals surface area (Å²) in [5, 5.41) is 2.09. The van der Waals surface area contributed by atoms with Crippen LogP contribution in [0.15, 0.2) is 47.8 Å². The highest BCUT2D eigenvalue weighted by molar-refractivity contribution is 7.92. The molecule has 0 spiro atoms. The second kappa shape index (κ2) is 8.08. The molecular formula is C21H21N3O4S2. The van der Waals surface area contributed by atoms with Crippen molar-refractivity contribution in [1.29, 1.82) is 0 Å². The summed E-state index contributed by atoms with van der Waals surface area (Å²) in [7, 11) is -3.58. The van der Waals surface area contributed by atoms with E-state index in [0.717, 1.165) is 16.7 Å². The van der Waals surface area contributed by atoms with Gasteiger partial charge >= 0.3 is 0 Å². The van der Waals surface area contributed by atoms with Crippen LogP contribution >= 0.6 is 11.3 Å². The largest absolute Gasteiger partial charge is 0.482 e. The van der Waals surface area contributed by atoms with E-state index in [1.54, 1.807) is 22.4 Å². The Labute approximate surface area is 179 Å². The zero-order valence-electron chi connectivity index (χ0n) is 16.6. The van der Waals surface area contributed by atoms with Crippen molar-refractivity contribution in [3.63, 3.8) is 0 Å². The molecule has 1 N–H and O–H groups in total. The SMILES string of the molecule is CCN1C(=O)COc2ccc(-c3csc(NS(=O)(=O)Cc4cccc(C)c4)n3)cc21. The first-order valence-corrected chi connectivity index (χ1v) is 12.0. The second-order valence-electron chi connectivity index (χ2n) is 7.00. The molecule has 3 aromatic rings. The molecule has 2 heterocycles. The van der Waals surface area contributed by atoms with Gasteiger partial charge in [0, 0.05) is 17.5 Å². The number of hydrogen-bond acceptors (Lipinski definition) is 6. The fourth-order valence-electron chi connectivity index (χ4n) is 3.35. The fourth-order valence-corrected chi connectivity index (χ4v) is 5.49. The molecule has 2 aromatic carbocycles. The summed E-state index contributed by atoms with van der Waals surface area (Å²) in [4.78, 5) is 18.2. The number of anilines is 2. The molecule has 1 aromatic heterocycles. The van der Waals surface area contributed by atoms with Crippen molar-refractivity contribution in [3.05, 3.63) is 59.0 Å². The summed E-state index contributed by atoms with van der Waals surface area (Å²) in [5.41, 5.74) is 3.84. The molecule has 0 aliphatic carbocycles. The molecule has 9 heteroatoms. The molecule has 1 aliphatic heterocycles. The lowest BCUT2D eigenvalue weighted by atomic mass is 10.1. The lowest BCUT2D eigenvalue weighted by Gasteiger charge is -2.28. The molecule has 0 bridgehead atoms. The average molecular weight is 444 g/mol. The topological polar surface area (TPSA) is 88.6 Å². The summed E-state index contributed by atoms with van der Waals surface area (Å²) in [6.07, 6.45) is 0. The first kappa shape index (κ1) is 20.4. The van der Waals surface area contributed by atoms with Gasteiger partial charge in [0.25, 0.3) is 5.91 Å². The number of aryl methyl sites for hydroxylation is 1. The van der Waals surface area contributed by atoms with Crippen molar-refractivity contribution >= 4 is 38.1 Å². The van der Waals surface area contributed by atoms with Gasteiger partial charge in [0.05, 0.1) is 17.1 Å². The number of thiazole rings is 1. The molecule has 1 aliphatic rings. The van der Waals surface area contributed by atoms with Crippen molar-refractivity contribution in [3.8, 4) is 17.0 Å². The molecule has 0 saturated heterocycles. The highest BCUT2D eigenvalue weighted by atomic mass is 32.2. The smallest absolute Gasteiger partial charge is 0.265 e. The fraction of sp³-hybridized carbons (Fsp3) is 0.238. The number of nitrogens with one attached hydrogen (secondary N) is 1. The van der Waals surface area contributed by atoms with Crippen LogP contribution in [0.2, 0.25) is 0 Å². The summed E-state index contributed by atoms with van der Waals surface area (Å²) in [6.45, 7) is 4.40. The van der Waals surface area contributed by atoms with Gasteiger partial charge in [0.2, 0.25) is 10.0 Å². The number of likely N-dealkylation sites (N-methyl/N-ethyl adjacent to an activating group) is 1. The molecule has 0 saturated carbocycles. The summed E-state index contributed by atoms with van der Waals surface area (Å²) in [5.74, 6) is 0.437. The van der Waals surface area contributed by atoms with Crippen LogP contribution in [0.1, 0.15) is 18.1 Å². The Bertz CT molecular complexity index is 1200. The van der Waals surface area contributed by atoms with Gasteiger partial charge in [-0.15, -0.1) is 11.3 Å². The first-order chi connectivity index (χ1) is 14.3. The number of hydrogen-bond donors (Lipinski definition) is 1. The third-order valence-corrected chi connectivity index (χ3v) is 6.80. The highest BCUT2D eigenvalue weighted by Crippen LogP contribution is 2.36. The van der Waals surface area contributed by atoms with E-state index in [9.17, 15) is 13.2 Å². The third-order valence-electron chi connectivity index (χ3n) is 4.70. The Balaban J connectivity index is 1.54. The summed E-state index contributed by atoms with van der Waals surface area (Å²) >= 11 is 1.22. The molecule has 0 radical (unpaired) electrons. The maximum atomic E-state index is 12.5.